The fourth-order valence-corrected chi connectivity index (χ4v) is 2.15. The van der Waals surface area contributed by atoms with E-state index < -0.39 is 11.1 Å². The zero-order chi connectivity index (χ0) is 11.4. The van der Waals surface area contributed by atoms with Crippen molar-refractivity contribution in [3.63, 3.8) is 0 Å². The normalized spacial score (nSPS) is 15.7. The van der Waals surface area contributed by atoms with Crippen molar-refractivity contribution in [2.75, 3.05) is 13.2 Å². The van der Waals surface area contributed by atoms with Gasteiger partial charge in [0.15, 0.2) is 0 Å². The smallest absolute Gasteiger partial charge is 0.325 e. The van der Waals surface area contributed by atoms with Gasteiger partial charge in [-0.05, 0) is 24.4 Å². The molecule has 0 aromatic carbocycles. The molecule has 0 aromatic rings. The van der Waals surface area contributed by atoms with Gasteiger partial charge in [0.1, 0.15) is 6.61 Å². The fourth-order valence-electron chi connectivity index (χ4n) is 1.14. The van der Waals surface area contributed by atoms with Crippen LogP contribution < -0.4 is 5.73 Å². The Hall–Kier alpha value is -1.44. The number of urea groups is 1. The average Bonchev–Trinajstić information content (AvgIpc) is 2.47. The summed E-state index contributed by atoms with van der Waals surface area (Å²) in [6.45, 7) is 2.32. The van der Waals surface area contributed by atoms with Crippen molar-refractivity contribution >= 4 is 18.0 Å². The maximum absolute atomic E-state index is 10.8. The molecule has 0 fully saturated rings. The Kier molecular flexibility index (Phi) is 3.78. The minimum Gasteiger partial charge on any atom is -0.351 e. The molecule has 84 valence electrons. The van der Waals surface area contributed by atoms with Gasteiger partial charge in [0.05, 0.1) is 6.54 Å². The molecule has 0 unspecified atom stereocenters. The molecule has 0 spiro atoms. The maximum Gasteiger partial charge on any atom is 0.325 e. The molecule has 1 rings (SSSR count). The Balaban J connectivity index is 2.39. The van der Waals surface area contributed by atoms with Crippen LogP contribution in [-0.4, -0.2) is 28.6 Å². The molecule has 0 atom stereocenters. The third-order valence-electron chi connectivity index (χ3n) is 1.85. The molecular weight excluding hydrogens is 222 g/mol. The lowest BCUT2D eigenvalue weighted by Crippen LogP contribution is -2.28. The number of carbonyl (C=O) groups excluding carboxylic acids is 1. The standard InChI is InChI=1S/C7H11N3O4S/c1-5-4-9(7(8)11)15-6(5)2-3-14-10(12)13/h2-4H2,1H3,(H2,8,11). The van der Waals surface area contributed by atoms with Crippen LogP contribution in [0.2, 0.25) is 0 Å². The summed E-state index contributed by atoms with van der Waals surface area (Å²) in [6, 6.07) is -0.510. The van der Waals surface area contributed by atoms with Gasteiger partial charge >= 0.3 is 6.03 Å². The van der Waals surface area contributed by atoms with Gasteiger partial charge in [-0.15, -0.1) is 10.1 Å². The van der Waals surface area contributed by atoms with Crippen molar-refractivity contribution in [3.05, 3.63) is 20.6 Å². The lowest BCUT2D eigenvalue weighted by atomic mass is 10.2. The van der Waals surface area contributed by atoms with Crippen LogP contribution in [0.1, 0.15) is 13.3 Å². The van der Waals surface area contributed by atoms with E-state index in [0.717, 1.165) is 10.5 Å². The summed E-state index contributed by atoms with van der Waals surface area (Å²) in [6.07, 6.45) is 0.418. The highest BCUT2D eigenvalue weighted by molar-refractivity contribution is 8.01. The summed E-state index contributed by atoms with van der Waals surface area (Å²) in [5.41, 5.74) is 6.09. The van der Waals surface area contributed by atoms with Crippen LogP contribution in [0.3, 0.4) is 0 Å². The van der Waals surface area contributed by atoms with Crippen LogP contribution in [0.15, 0.2) is 10.5 Å². The summed E-state index contributed by atoms with van der Waals surface area (Å²) in [7, 11) is 0. The van der Waals surface area contributed by atoms with E-state index in [1.807, 2.05) is 6.92 Å². The highest BCUT2D eigenvalue weighted by Gasteiger charge is 2.22. The highest BCUT2D eigenvalue weighted by Crippen LogP contribution is 2.34. The monoisotopic (exact) mass is 233 g/mol. The second-order valence-corrected chi connectivity index (χ2v) is 4.09. The van der Waals surface area contributed by atoms with E-state index in [2.05, 4.69) is 4.84 Å². The minimum atomic E-state index is -0.832. The number of rotatable bonds is 4. The molecule has 15 heavy (non-hydrogen) atoms. The van der Waals surface area contributed by atoms with Gasteiger partial charge < -0.3 is 10.6 Å². The van der Waals surface area contributed by atoms with E-state index in [0.29, 0.717) is 13.0 Å². The summed E-state index contributed by atoms with van der Waals surface area (Å²) in [5, 5.41) is 9.07. The van der Waals surface area contributed by atoms with Crippen LogP contribution in [0.4, 0.5) is 4.79 Å². The van der Waals surface area contributed by atoms with Crippen LogP contribution in [0, 0.1) is 10.1 Å². The first-order chi connectivity index (χ1) is 7.00. The first-order valence-corrected chi connectivity index (χ1v) is 4.99. The van der Waals surface area contributed by atoms with E-state index in [1.165, 1.54) is 16.3 Å². The molecule has 1 heterocycles. The third kappa shape index (κ3) is 3.31. The van der Waals surface area contributed by atoms with Gasteiger partial charge in [-0.25, -0.2) is 4.79 Å². The molecule has 1 aliphatic heterocycles. The van der Waals surface area contributed by atoms with Crippen LogP contribution in [0.5, 0.6) is 0 Å². The molecule has 2 N–H and O–H groups in total. The van der Waals surface area contributed by atoms with Crippen LogP contribution in [0.25, 0.3) is 0 Å². The second-order valence-electron chi connectivity index (χ2n) is 2.98. The van der Waals surface area contributed by atoms with Gasteiger partial charge in [0.2, 0.25) is 0 Å². The summed E-state index contributed by atoms with van der Waals surface area (Å²) in [4.78, 5) is 25.8. The van der Waals surface area contributed by atoms with Crippen LogP contribution in [-0.2, 0) is 4.84 Å². The SMILES string of the molecule is CC1=C(CCO[N+](=O)[O-])SN(C(N)=O)C1. The molecule has 0 bridgehead atoms. The second kappa shape index (κ2) is 4.87. The zero-order valence-corrected chi connectivity index (χ0v) is 8.95. The van der Waals surface area contributed by atoms with E-state index in [1.54, 1.807) is 0 Å². The minimum absolute atomic E-state index is 0.000719. The maximum atomic E-state index is 10.8. The molecule has 0 aliphatic carbocycles. The summed E-state index contributed by atoms with van der Waals surface area (Å²) in [5.74, 6) is 0. The molecule has 0 saturated heterocycles. The number of hydrogen-bond acceptors (Lipinski definition) is 5. The van der Waals surface area contributed by atoms with Crippen molar-refractivity contribution in [1.82, 2.24) is 4.31 Å². The largest absolute Gasteiger partial charge is 0.351 e. The Morgan fingerprint density at radius 3 is 2.93 bits per heavy atom. The first kappa shape index (κ1) is 11.6. The van der Waals surface area contributed by atoms with Gasteiger partial charge in [-0.1, -0.05) is 0 Å². The number of hydrogen-bond donors (Lipinski definition) is 1. The Labute approximate surface area is 90.5 Å². The quantitative estimate of drug-likeness (QED) is 0.442. The van der Waals surface area contributed by atoms with E-state index in [4.69, 9.17) is 5.73 Å². The zero-order valence-electron chi connectivity index (χ0n) is 8.13. The predicted octanol–water partition coefficient (Wildman–Crippen LogP) is 0.901. The fraction of sp³-hybridized carbons (Fsp3) is 0.571. The molecule has 0 aromatic heterocycles. The van der Waals surface area contributed by atoms with Crippen molar-refractivity contribution < 1.29 is 14.7 Å². The van der Waals surface area contributed by atoms with Gasteiger partial charge in [0.25, 0.3) is 5.09 Å². The van der Waals surface area contributed by atoms with E-state index in [-0.39, 0.29) is 6.61 Å². The van der Waals surface area contributed by atoms with Crippen molar-refractivity contribution in [2.45, 2.75) is 13.3 Å². The summed E-state index contributed by atoms with van der Waals surface area (Å²) < 4.78 is 1.40. The number of carbonyl (C=O) groups is 1. The molecule has 1 aliphatic rings. The molecule has 7 nitrogen and oxygen atoms in total. The van der Waals surface area contributed by atoms with Crippen LogP contribution >= 0.6 is 11.9 Å². The van der Waals surface area contributed by atoms with Crippen molar-refractivity contribution in [3.8, 4) is 0 Å². The average molecular weight is 233 g/mol. The Morgan fingerprint density at radius 2 is 2.47 bits per heavy atom. The highest BCUT2D eigenvalue weighted by atomic mass is 32.2. The molecule has 0 saturated carbocycles. The topological polar surface area (TPSA) is 98.7 Å². The first-order valence-electron chi connectivity index (χ1n) is 4.21. The number of nitrogens with two attached hydrogens (primary N) is 1. The number of amides is 2. The number of primary amides is 1. The van der Waals surface area contributed by atoms with Gasteiger partial charge in [0, 0.05) is 11.3 Å². The summed E-state index contributed by atoms with van der Waals surface area (Å²) >= 11 is 1.21. The molecular formula is C7H11N3O4S. The Morgan fingerprint density at radius 1 is 1.80 bits per heavy atom. The lowest BCUT2D eigenvalue weighted by molar-refractivity contribution is -0.757. The third-order valence-corrected chi connectivity index (χ3v) is 3.15. The van der Waals surface area contributed by atoms with Gasteiger partial charge in [-0.2, -0.15) is 0 Å². The lowest BCUT2D eigenvalue weighted by Gasteiger charge is -2.10. The van der Waals surface area contributed by atoms with E-state index >= 15 is 0 Å². The molecule has 2 amide bonds. The van der Waals surface area contributed by atoms with Crippen molar-refractivity contribution in [2.24, 2.45) is 5.73 Å². The Bertz CT molecular complexity index is 317. The molecule has 8 heteroatoms. The van der Waals surface area contributed by atoms with Crippen molar-refractivity contribution in [1.29, 1.82) is 0 Å². The molecule has 0 radical (unpaired) electrons. The predicted molar refractivity (Wildman–Crippen MR) is 54.1 cm³/mol. The van der Waals surface area contributed by atoms with Gasteiger partial charge in [-0.3, -0.25) is 4.31 Å². The number of nitrogens with zero attached hydrogens (tertiary/aromatic N) is 2. The van der Waals surface area contributed by atoms with E-state index in [9.17, 15) is 14.9 Å².